The van der Waals surface area contributed by atoms with Gasteiger partial charge < -0.3 is 10.6 Å². The minimum absolute atomic E-state index is 0. The largest absolute Gasteiger partial charge is 0.342 e. The highest BCUT2D eigenvalue weighted by Gasteiger charge is 2.37. The molecule has 1 aliphatic carbocycles. The van der Waals surface area contributed by atoms with E-state index in [-0.39, 0.29) is 29.8 Å². The van der Waals surface area contributed by atoms with Crippen LogP contribution in [0.5, 0.6) is 0 Å². The first kappa shape index (κ1) is 17.8. The lowest BCUT2D eigenvalue weighted by atomic mass is 9.79. The first-order chi connectivity index (χ1) is 9.00. The number of rotatable bonds is 1. The van der Waals surface area contributed by atoms with Crippen LogP contribution in [0.3, 0.4) is 0 Å². The van der Waals surface area contributed by atoms with Crippen LogP contribution in [0.1, 0.15) is 65.2 Å². The van der Waals surface area contributed by atoms with Gasteiger partial charge in [0.05, 0.1) is 0 Å². The number of hydrogen-bond donors (Lipinski definition) is 1. The SMILES string of the molecule is CC1(C)CN(C(=O)C2CCCCCCC2)CCC1N.Cl. The minimum atomic E-state index is 0. The molecule has 2 N–H and O–H groups in total. The van der Waals surface area contributed by atoms with Crippen LogP contribution in [0.15, 0.2) is 0 Å². The van der Waals surface area contributed by atoms with Crippen molar-refractivity contribution in [2.45, 2.75) is 71.3 Å². The number of halogens is 1. The van der Waals surface area contributed by atoms with Crippen molar-refractivity contribution in [1.82, 2.24) is 4.90 Å². The van der Waals surface area contributed by atoms with Crippen LogP contribution in [0.25, 0.3) is 0 Å². The van der Waals surface area contributed by atoms with Crippen molar-refractivity contribution in [2.24, 2.45) is 17.1 Å². The molecular formula is C16H31ClN2O. The number of carbonyl (C=O) groups excluding carboxylic acids is 1. The number of piperidine rings is 1. The van der Waals surface area contributed by atoms with E-state index in [4.69, 9.17) is 5.73 Å². The van der Waals surface area contributed by atoms with E-state index in [1.54, 1.807) is 0 Å². The van der Waals surface area contributed by atoms with Gasteiger partial charge in [0.25, 0.3) is 0 Å². The lowest BCUT2D eigenvalue weighted by Crippen LogP contribution is -2.55. The number of nitrogens with two attached hydrogens (primary N) is 1. The quantitative estimate of drug-likeness (QED) is 0.807. The van der Waals surface area contributed by atoms with Gasteiger partial charge in [-0.25, -0.2) is 0 Å². The highest BCUT2D eigenvalue weighted by Crippen LogP contribution is 2.31. The number of nitrogens with zero attached hydrogens (tertiary/aromatic N) is 1. The third-order valence-electron chi connectivity index (χ3n) is 5.08. The summed E-state index contributed by atoms with van der Waals surface area (Å²) in [6, 6.07) is 0.230. The molecule has 0 radical (unpaired) electrons. The van der Waals surface area contributed by atoms with Crippen LogP contribution in [0.4, 0.5) is 0 Å². The Morgan fingerprint density at radius 1 is 1.05 bits per heavy atom. The summed E-state index contributed by atoms with van der Waals surface area (Å²) in [5.41, 5.74) is 6.23. The van der Waals surface area contributed by atoms with Gasteiger partial charge in [-0.2, -0.15) is 0 Å². The summed E-state index contributed by atoms with van der Waals surface area (Å²) in [7, 11) is 0. The van der Waals surface area contributed by atoms with Crippen molar-refractivity contribution in [3.63, 3.8) is 0 Å². The molecule has 118 valence electrons. The van der Waals surface area contributed by atoms with Crippen LogP contribution in [-0.2, 0) is 4.79 Å². The number of carbonyl (C=O) groups is 1. The summed E-state index contributed by atoms with van der Waals surface area (Å²) in [5, 5.41) is 0. The van der Waals surface area contributed by atoms with Gasteiger partial charge in [0.1, 0.15) is 0 Å². The summed E-state index contributed by atoms with van der Waals surface area (Å²) >= 11 is 0. The van der Waals surface area contributed by atoms with Gasteiger partial charge in [-0.3, -0.25) is 4.79 Å². The third-order valence-corrected chi connectivity index (χ3v) is 5.08. The molecule has 1 saturated heterocycles. The highest BCUT2D eigenvalue weighted by atomic mass is 35.5. The maximum Gasteiger partial charge on any atom is 0.225 e. The average Bonchev–Trinajstić information content (AvgIpc) is 2.31. The Bertz CT molecular complexity index is 312. The van der Waals surface area contributed by atoms with Crippen LogP contribution in [-0.4, -0.2) is 29.9 Å². The first-order valence-corrected chi connectivity index (χ1v) is 8.05. The second kappa shape index (κ2) is 7.65. The molecule has 3 nitrogen and oxygen atoms in total. The van der Waals surface area contributed by atoms with Crippen molar-refractivity contribution < 1.29 is 4.79 Å². The van der Waals surface area contributed by atoms with E-state index in [2.05, 4.69) is 18.7 Å². The zero-order chi connectivity index (χ0) is 13.9. The molecule has 4 heteroatoms. The predicted molar refractivity (Wildman–Crippen MR) is 86.0 cm³/mol. The Morgan fingerprint density at radius 2 is 1.60 bits per heavy atom. The second-order valence-corrected chi connectivity index (χ2v) is 7.19. The molecule has 1 atom stereocenters. The van der Waals surface area contributed by atoms with E-state index in [9.17, 15) is 4.79 Å². The average molecular weight is 303 g/mol. The smallest absolute Gasteiger partial charge is 0.225 e. The predicted octanol–water partition coefficient (Wildman–Crippen LogP) is 3.35. The summed E-state index contributed by atoms with van der Waals surface area (Å²) in [4.78, 5) is 14.8. The Labute approximate surface area is 130 Å². The van der Waals surface area contributed by atoms with Gasteiger partial charge in [0.2, 0.25) is 5.91 Å². The number of amides is 1. The standard InChI is InChI=1S/C16H30N2O.ClH/c1-16(2)12-18(11-10-14(16)17)15(19)13-8-6-4-3-5-7-9-13;/h13-14H,3-12,17H2,1-2H3;1H. The van der Waals surface area contributed by atoms with Crippen molar-refractivity contribution in [3.8, 4) is 0 Å². The molecule has 0 bridgehead atoms. The number of likely N-dealkylation sites (tertiary alicyclic amines) is 1. The molecule has 2 rings (SSSR count). The molecule has 1 unspecified atom stereocenters. The number of hydrogen-bond acceptors (Lipinski definition) is 2. The first-order valence-electron chi connectivity index (χ1n) is 8.05. The monoisotopic (exact) mass is 302 g/mol. The van der Waals surface area contributed by atoms with Gasteiger partial charge >= 0.3 is 0 Å². The lowest BCUT2D eigenvalue weighted by molar-refractivity contribution is -0.139. The fourth-order valence-electron chi connectivity index (χ4n) is 3.52. The topological polar surface area (TPSA) is 46.3 Å². The molecular weight excluding hydrogens is 272 g/mol. The molecule has 1 saturated carbocycles. The van der Waals surface area contributed by atoms with Gasteiger partial charge in [-0.05, 0) is 24.7 Å². The maximum atomic E-state index is 12.7. The van der Waals surface area contributed by atoms with E-state index in [1.165, 1.54) is 32.1 Å². The molecule has 1 heterocycles. The third kappa shape index (κ3) is 4.36. The van der Waals surface area contributed by atoms with Crippen molar-refractivity contribution in [1.29, 1.82) is 0 Å². The molecule has 0 aromatic rings. The van der Waals surface area contributed by atoms with Crippen molar-refractivity contribution in [2.75, 3.05) is 13.1 Å². The fourth-order valence-corrected chi connectivity index (χ4v) is 3.52. The Kier molecular flexibility index (Phi) is 6.80. The van der Waals surface area contributed by atoms with Crippen LogP contribution >= 0.6 is 12.4 Å². The Morgan fingerprint density at radius 3 is 2.15 bits per heavy atom. The highest BCUT2D eigenvalue weighted by molar-refractivity contribution is 5.85. The van der Waals surface area contributed by atoms with Crippen LogP contribution < -0.4 is 5.73 Å². The maximum absolute atomic E-state index is 12.7. The van der Waals surface area contributed by atoms with Gasteiger partial charge in [0, 0.05) is 25.0 Å². The van der Waals surface area contributed by atoms with E-state index >= 15 is 0 Å². The minimum Gasteiger partial charge on any atom is -0.342 e. The second-order valence-electron chi connectivity index (χ2n) is 7.19. The Hall–Kier alpha value is -0.280. The van der Waals surface area contributed by atoms with Gasteiger partial charge in [-0.1, -0.05) is 46.0 Å². The normalized spacial score (nSPS) is 28.1. The molecule has 20 heavy (non-hydrogen) atoms. The zero-order valence-corrected chi connectivity index (χ0v) is 13.9. The van der Waals surface area contributed by atoms with E-state index in [1.807, 2.05) is 0 Å². The molecule has 0 aromatic heterocycles. The molecule has 0 aromatic carbocycles. The van der Waals surface area contributed by atoms with E-state index in [0.29, 0.717) is 5.91 Å². The van der Waals surface area contributed by atoms with Crippen LogP contribution in [0.2, 0.25) is 0 Å². The Balaban J connectivity index is 0.00000200. The van der Waals surface area contributed by atoms with E-state index in [0.717, 1.165) is 32.4 Å². The summed E-state index contributed by atoms with van der Waals surface area (Å²) in [6.07, 6.45) is 9.57. The summed E-state index contributed by atoms with van der Waals surface area (Å²) in [5.74, 6) is 0.687. The van der Waals surface area contributed by atoms with Crippen molar-refractivity contribution >= 4 is 18.3 Å². The molecule has 0 spiro atoms. The van der Waals surface area contributed by atoms with Gasteiger partial charge in [-0.15, -0.1) is 12.4 Å². The summed E-state index contributed by atoms with van der Waals surface area (Å²) in [6.45, 7) is 6.08. The summed E-state index contributed by atoms with van der Waals surface area (Å²) < 4.78 is 0. The van der Waals surface area contributed by atoms with E-state index < -0.39 is 0 Å². The molecule has 2 aliphatic rings. The lowest BCUT2D eigenvalue weighted by Gasteiger charge is -2.43. The fraction of sp³-hybridized carbons (Fsp3) is 0.938. The zero-order valence-electron chi connectivity index (χ0n) is 13.1. The van der Waals surface area contributed by atoms with Gasteiger partial charge in [0.15, 0.2) is 0 Å². The van der Waals surface area contributed by atoms with Crippen LogP contribution in [0, 0.1) is 11.3 Å². The molecule has 1 amide bonds. The van der Waals surface area contributed by atoms with Crippen molar-refractivity contribution in [3.05, 3.63) is 0 Å². The molecule has 1 aliphatic heterocycles. The molecule has 2 fully saturated rings.